The Labute approximate surface area is 159 Å². The van der Waals surface area contributed by atoms with Crippen LogP contribution in [0, 0.1) is 0 Å². The molecule has 0 aromatic carbocycles. The highest BCUT2D eigenvalue weighted by Crippen LogP contribution is 2.24. The van der Waals surface area contributed by atoms with Gasteiger partial charge < -0.3 is 4.74 Å². The van der Waals surface area contributed by atoms with E-state index in [0.717, 1.165) is 55.4 Å². The van der Waals surface area contributed by atoms with E-state index in [4.69, 9.17) is 4.74 Å². The van der Waals surface area contributed by atoms with Crippen LogP contribution >= 0.6 is 0 Å². The average molecular weight is 388 g/mol. The van der Waals surface area contributed by atoms with Crippen LogP contribution in [0.2, 0.25) is 0 Å². The minimum Gasteiger partial charge on any atom is -0.474 e. The van der Waals surface area contributed by atoms with Gasteiger partial charge in [0.25, 0.3) is 0 Å². The summed E-state index contributed by atoms with van der Waals surface area (Å²) in [7, 11) is -3.37. The molecule has 2 aromatic rings. The van der Waals surface area contributed by atoms with Crippen LogP contribution in [0.15, 0.2) is 29.7 Å². The van der Waals surface area contributed by atoms with Gasteiger partial charge in [-0.2, -0.15) is 0 Å². The van der Waals surface area contributed by atoms with Gasteiger partial charge in [0.15, 0.2) is 0 Å². The summed E-state index contributed by atoms with van der Waals surface area (Å²) in [6, 6.07) is 4.02. The summed E-state index contributed by atoms with van der Waals surface area (Å²) >= 11 is 0. The van der Waals surface area contributed by atoms with Gasteiger partial charge in [0.2, 0.25) is 20.9 Å². The topological polar surface area (TPSA) is 85.3 Å². The molecule has 1 aliphatic carbocycles. The normalized spacial score (nSPS) is 18.4. The second-order valence-electron chi connectivity index (χ2n) is 7.39. The summed E-state index contributed by atoms with van der Waals surface area (Å²) < 4.78 is 29.1. The van der Waals surface area contributed by atoms with E-state index in [1.807, 2.05) is 12.3 Å². The summed E-state index contributed by atoms with van der Waals surface area (Å²) in [4.78, 5) is 15.0. The number of pyridine rings is 1. The first-order valence-electron chi connectivity index (χ1n) is 9.36. The fourth-order valence-electron chi connectivity index (χ4n) is 3.68. The molecule has 1 aliphatic heterocycles. The molecule has 0 spiro atoms. The van der Waals surface area contributed by atoms with Crippen molar-refractivity contribution in [2.24, 2.45) is 0 Å². The fraction of sp³-hybridized carbons (Fsp3) is 0.526. The molecule has 144 valence electrons. The predicted octanol–water partition coefficient (Wildman–Crippen LogP) is 2.15. The first-order valence-corrected chi connectivity index (χ1v) is 11.3. The third kappa shape index (κ3) is 4.44. The van der Waals surface area contributed by atoms with Crippen molar-refractivity contribution in [2.45, 2.75) is 56.5 Å². The zero-order chi connectivity index (χ0) is 18.9. The fourth-order valence-corrected chi connectivity index (χ4v) is 4.20. The van der Waals surface area contributed by atoms with Crippen molar-refractivity contribution in [3.05, 3.63) is 41.3 Å². The highest BCUT2D eigenvalue weighted by molar-refractivity contribution is 7.90. The molecule has 8 heteroatoms. The lowest BCUT2D eigenvalue weighted by Crippen LogP contribution is -2.31. The van der Waals surface area contributed by atoms with Gasteiger partial charge in [-0.3, -0.25) is 4.90 Å². The van der Waals surface area contributed by atoms with Crippen molar-refractivity contribution >= 4 is 9.84 Å². The molecule has 1 saturated carbocycles. The van der Waals surface area contributed by atoms with Crippen LogP contribution < -0.4 is 4.74 Å². The molecule has 3 heterocycles. The minimum atomic E-state index is -3.37. The molecular formula is C19H24N4O3S. The number of hydrogen-bond acceptors (Lipinski definition) is 7. The summed E-state index contributed by atoms with van der Waals surface area (Å²) in [5.74, 6) is 0.705. The quantitative estimate of drug-likeness (QED) is 0.726. The van der Waals surface area contributed by atoms with E-state index in [0.29, 0.717) is 18.5 Å². The predicted molar refractivity (Wildman–Crippen MR) is 100 cm³/mol. The maximum absolute atomic E-state index is 11.6. The first-order chi connectivity index (χ1) is 13.0. The van der Waals surface area contributed by atoms with Crippen LogP contribution in [0.5, 0.6) is 5.88 Å². The SMILES string of the molecule is CS(=O)(=O)c1ncc2c(n1)CCN(Cc1ccc(OC3CCCC3)nc1)C2. The summed E-state index contributed by atoms with van der Waals surface area (Å²) in [5.41, 5.74) is 2.95. The van der Waals surface area contributed by atoms with Crippen LogP contribution in [0.1, 0.15) is 42.5 Å². The van der Waals surface area contributed by atoms with E-state index in [2.05, 4.69) is 25.9 Å². The third-order valence-corrected chi connectivity index (χ3v) is 5.98. The van der Waals surface area contributed by atoms with Gasteiger partial charge in [0.05, 0.1) is 5.69 Å². The van der Waals surface area contributed by atoms with Gasteiger partial charge in [-0.1, -0.05) is 6.07 Å². The Morgan fingerprint density at radius 2 is 2.00 bits per heavy atom. The van der Waals surface area contributed by atoms with E-state index >= 15 is 0 Å². The summed E-state index contributed by atoms with van der Waals surface area (Å²) in [6.07, 6.45) is 10.4. The van der Waals surface area contributed by atoms with Crippen LogP contribution in [0.4, 0.5) is 0 Å². The van der Waals surface area contributed by atoms with Gasteiger partial charge in [-0.25, -0.2) is 23.4 Å². The Hall–Kier alpha value is -2.06. The molecule has 27 heavy (non-hydrogen) atoms. The largest absolute Gasteiger partial charge is 0.474 e. The van der Waals surface area contributed by atoms with Gasteiger partial charge >= 0.3 is 0 Å². The van der Waals surface area contributed by atoms with Crippen LogP contribution in [-0.4, -0.2) is 47.2 Å². The van der Waals surface area contributed by atoms with E-state index in [-0.39, 0.29) is 5.16 Å². The molecule has 2 aromatic heterocycles. The van der Waals surface area contributed by atoms with Crippen molar-refractivity contribution in [2.75, 3.05) is 12.8 Å². The zero-order valence-corrected chi connectivity index (χ0v) is 16.3. The Morgan fingerprint density at radius 3 is 2.70 bits per heavy atom. The lowest BCUT2D eigenvalue weighted by Gasteiger charge is -2.27. The number of ether oxygens (including phenoxy) is 1. The highest BCUT2D eigenvalue weighted by Gasteiger charge is 2.21. The summed E-state index contributed by atoms with van der Waals surface area (Å²) in [6.45, 7) is 2.32. The van der Waals surface area contributed by atoms with E-state index < -0.39 is 9.84 Å². The molecule has 4 rings (SSSR count). The molecule has 0 saturated heterocycles. The number of hydrogen-bond donors (Lipinski definition) is 0. The van der Waals surface area contributed by atoms with E-state index in [9.17, 15) is 8.42 Å². The average Bonchev–Trinajstić information content (AvgIpc) is 3.15. The molecule has 0 unspecified atom stereocenters. The van der Waals surface area contributed by atoms with Crippen molar-refractivity contribution in [1.82, 2.24) is 19.9 Å². The van der Waals surface area contributed by atoms with Crippen LogP contribution in [0.25, 0.3) is 0 Å². The molecule has 7 nitrogen and oxygen atoms in total. The molecule has 0 bridgehead atoms. The third-order valence-electron chi connectivity index (χ3n) is 5.12. The van der Waals surface area contributed by atoms with E-state index in [1.165, 1.54) is 12.8 Å². The van der Waals surface area contributed by atoms with Crippen molar-refractivity contribution in [1.29, 1.82) is 0 Å². The second kappa shape index (κ2) is 7.52. The lowest BCUT2D eigenvalue weighted by atomic mass is 10.1. The van der Waals surface area contributed by atoms with Gasteiger partial charge in [-0.15, -0.1) is 0 Å². The van der Waals surface area contributed by atoms with Crippen LogP contribution in [0.3, 0.4) is 0 Å². The molecule has 2 aliphatic rings. The summed E-state index contributed by atoms with van der Waals surface area (Å²) in [5, 5.41) is -0.0863. The van der Waals surface area contributed by atoms with Gasteiger partial charge in [-0.05, 0) is 31.2 Å². The molecule has 1 fully saturated rings. The Bertz CT molecular complexity index is 909. The maximum Gasteiger partial charge on any atom is 0.246 e. The molecule has 0 N–H and O–H groups in total. The number of nitrogens with zero attached hydrogens (tertiary/aromatic N) is 4. The Morgan fingerprint density at radius 1 is 1.19 bits per heavy atom. The Balaban J connectivity index is 1.38. The number of rotatable bonds is 5. The van der Waals surface area contributed by atoms with E-state index in [1.54, 1.807) is 6.20 Å². The number of aromatic nitrogens is 3. The van der Waals surface area contributed by atoms with Gasteiger partial charge in [0.1, 0.15) is 6.10 Å². The number of sulfone groups is 1. The number of fused-ring (bicyclic) bond motifs is 1. The zero-order valence-electron chi connectivity index (χ0n) is 15.5. The maximum atomic E-state index is 11.6. The van der Waals surface area contributed by atoms with Gasteiger partial charge in [0, 0.05) is 56.3 Å². The van der Waals surface area contributed by atoms with Crippen molar-refractivity contribution < 1.29 is 13.2 Å². The molecule has 0 radical (unpaired) electrons. The Kier molecular flexibility index (Phi) is 5.10. The molecule has 0 atom stereocenters. The molecule has 0 amide bonds. The smallest absolute Gasteiger partial charge is 0.246 e. The van der Waals surface area contributed by atoms with Crippen LogP contribution in [-0.2, 0) is 29.3 Å². The first kappa shape index (κ1) is 18.3. The highest BCUT2D eigenvalue weighted by atomic mass is 32.2. The lowest BCUT2D eigenvalue weighted by molar-refractivity contribution is 0.201. The standard InChI is InChI=1S/C19H24N4O3S/c1-27(24,25)19-21-11-15-13-23(9-8-17(15)22-19)12-14-6-7-18(20-10-14)26-16-4-2-3-5-16/h6-7,10-11,16H,2-5,8-9,12-13H2,1H3. The second-order valence-corrected chi connectivity index (χ2v) is 9.30. The van der Waals surface area contributed by atoms with Crippen molar-refractivity contribution in [3.63, 3.8) is 0 Å². The van der Waals surface area contributed by atoms with Crippen molar-refractivity contribution in [3.8, 4) is 5.88 Å². The minimum absolute atomic E-state index is 0.0863. The molecular weight excluding hydrogens is 364 g/mol. The monoisotopic (exact) mass is 388 g/mol.